The van der Waals surface area contributed by atoms with Crippen LogP contribution in [0.5, 0.6) is 0 Å². The van der Waals surface area contributed by atoms with Crippen molar-refractivity contribution in [3.63, 3.8) is 0 Å². The average molecular weight is 224 g/mol. The summed E-state index contributed by atoms with van der Waals surface area (Å²) < 4.78 is 0. The number of nitrogens with one attached hydrogen (secondary N) is 2. The van der Waals surface area contributed by atoms with Crippen molar-refractivity contribution >= 4 is 11.7 Å². The molecule has 0 aromatic carbocycles. The highest BCUT2D eigenvalue weighted by molar-refractivity contribution is 5.99. The molecule has 0 atom stereocenters. The molecule has 0 saturated carbocycles. The second-order valence-corrected chi connectivity index (χ2v) is 4.35. The third kappa shape index (κ3) is 3.51. The van der Waals surface area contributed by atoms with Gasteiger partial charge in [-0.1, -0.05) is 0 Å². The summed E-state index contributed by atoms with van der Waals surface area (Å²) in [7, 11) is 0. The van der Waals surface area contributed by atoms with Gasteiger partial charge in [-0.15, -0.1) is 0 Å². The molecule has 1 aromatic heterocycles. The zero-order chi connectivity index (χ0) is 12.3. The number of carbonyl (C=O) groups excluding carboxylic acids is 2. The number of carbonyl (C=O) groups is 2. The highest BCUT2D eigenvalue weighted by Gasteiger charge is 2.16. The number of ketones is 1. The van der Waals surface area contributed by atoms with Crippen molar-refractivity contribution < 1.29 is 14.7 Å². The molecule has 0 aliphatic rings. The minimum Gasteiger partial charge on any atom is -0.389 e. The average Bonchev–Trinajstić information content (AvgIpc) is 2.61. The van der Waals surface area contributed by atoms with E-state index in [1.807, 2.05) is 0 Å². The maximum absolute atomic E-state index is 11.6. The number of H-pyrrole nitrogens is 1. The van der Waals surface area contributed by atoms with Gasteiger partial charge in [0.2, 0.25) is 0 Å². The van der Waals surface area contributed by atoms with E-state index in [2.05, 4.69) is 10.3 Å². The van der Waals surface area contributed by atoms with Gasteiger partial charge in [0, 0.05) is 18.3 Å². The molecule has 1 rings (SSSR count). The van der Waals surface area contributed by atoms with Crippen molar-refractivity contribution in [1.82, 2.24) is 10.3 Å². The number of Topliss-reactive ketones (excluding diaryl/α,β-unsaturated/α-hetero) is 1. The Bertz CT molecular complexity index is 402. The van der Waals surface area contributed by atoms with Crippen LogP contribution >= 0.6 is 0 Å². The molecular formula is C11H16N2O3. The molecule has 0 bridgehead atoms. The van der Waals surface area contributed by atoms with E-state index in [0.29, 0.717) is 11.3 Å². The summed E-state index contributed by atoms with van der Waals surface area (Å²) in [5.41, 5.74) is -0.172. The first-order chi connectivity index (χ1) is 7.29. The van der Waals surface area contributed by atoms with Crippen LogP contribution in [0.1, 0.15) is 41.6 Å². The summed E-state index contributed by atoms with van der Waals surface area (Å²) in [6.07, 6.45) is 1.49. The molecule has 5 nitrogen and oxygen atoms in total. The van der Waals surface area contributed by atoms with E-state index < -0.39 is 5.60 Å². The Hall–Kier alpha value is -1.62. The van der Waals surface area contributed by atoms with E-state index in [1.165, 1.54) is 19.2 Å². The number of rotatable bonds is 4. The van der Waals surface area contributed by atoms with Crippen molar-refractivity contribution in [3.05, 3.63) is 23.5 Å². The Morgan fingerprint density at radius 3 is 2.56 bits per heavy atom. The number of hydrogen-bond acceptors (Lipinski definition) is 3. The summed E-state index contributed by atoms with van der Waals surface area (Å²) in [4.78, 5) is 25.3. The van der Waals surface area contributed by atoms with Gasteiger partial charge in [0.15, 0.2) is 5.78 Å². The topological polar surface area (TPSA) is 82.2 Å². The zero-order valence-corrected chi connectivity index (χ0v) is 9.63. The van der Waals surface area contributed by atoms with E-state index in [0.717, 1.165) is 0 Å². The number of amides is 1. The lowest BCUT2D eigenvalue weighted by molar-refractivity contribution is 0.0692. The van der Waals surface area contributed by atoms with E-state index in [9.17, 15) is 14.7 Å². The van der Waals surface area contributed by atoms with Crippen LogP contribution in [0.25, 0.3) is 0 Å². The quantitative estimate of drug-likeness (QED) is 0.659. The van der Waals surface area contributed by atoms with Gasteiger partial charge in [-0.2, -0.15) is 0 Å². The van der Waals surface area contributed by atoms with Gasteiger partial charge >= 0.3 is 0 Å². The smallest absolute Gasteiger partial charge is 0.267 e. The van der Waals surface area contributed by atoms with Gasteiger partial charge in [-0.3, -0.25) is 9.59 Å². The zero-order valence-electron chi connectivity index (χ0n) is 9.63. The molecule has 0 spiro atoms. The maximum Gasteiger partial charge on any atom is 0.267 e. The molecule has 0 unspecified atom stereocenters. The maximum atomic E-state index is 11.6. The highest BCUT2D eigenvalue weighted by Crippen LogP contribution is 2.05. The van der Waals surface area contributed by atoms with Gasteiger partial charge in [-0.05, 0) is 26.8 Å². The molecular weight excluding hydrogens is 208 g/mol. The molecule has 16 heavy (non-hydrogen) atoms. The first-order valence-electron chi connectivity index (χ1n) is 4.99. The van der Waals surface area contributed by atoms with Gasteiger partial charge < -0.3 is 15.4 Å². The van der Waals surface area contributed by atoms with E-state index in [4.69, 9.17) is 0 Å². The lowest BCUT2D eigenvalue weighted by Crippen LogP contribution is -2.38. The first kappa shape index (κ1) is 12.4. The molecule has 0 fully saturated rings. The molecule has 0 aliphatic carbocycles. The van der Waals surface area contributed by atoms with Crippen molar-refractivity contribution in [1.29, 1.82) is 0 Å². The summed E-state index contributed by atoms with van der Waals surface area (Å²) in [5.74, 6) is -0.438. The SMILES string of the molecule is CC(=O)c1c[nH]c(C(=O)NCC(C)(C)O)c1. The van der Waals surface area contributed by atoms with Crippen LogP contribution in [0.2, 0.25) is 0 Å². The van der Waals surface area contributed by atoms with E-state index in [-0.39, 0.29) is 18.2 Å². The molecule has 0 radical (unpaired) electrons. The van der Waals surface area contributed by atoms with Crippen LogP contribution in [0.3, 0.4) is 0 Å². The normalized spacial score (nSPS) is 11.2. The Morgan fingerprint density at radius 1 is 1.50 bits per heavy atom. The molecule has 3 N–H and O–H groups in total. The Kier molecular flexibility index (Phi) is 3.49. The molecule has 1 amide bonds. The molecule has 88 valence electrons. The molecule has 0 saturated heterocycles. The molecule has 1 heterocycles. The van der Waals surface area contributed by atoms with Crippen LogP contribution in [-0.4, -0.2) is 33.9 Å². The minimum atomic E-state index is -0.953. The van der Waals surface area contributed by atoms with Gasteiger partial charge in [-0.25, -0.2) is 0 Å². The van der Waals surface area contributed by atoms with Gasteiger partial charge in [0.1, 0.15) is 5.69 Å². The number of aromatic amines is 1. The van der Waals surface area contributed by atoms with Crippen molar-refractivity contribution in [3.8, 4) is 0 Å². The predicted octanol–water partition coefficient (Wildman–Crippen LogP) is 0.718. The standard InChI is InChI=1S/C11H16N2O3/c1-7(14)8-4-9(12-5-8)10(15)13-6-11(2,3)16/h4-5,12,16H,6H2,1-3H3,(H,13,15). The number of aromatic nitrogens is 1. The minimum absolute atomic E-state index is 0.0993. The van der Waals surface area contributed by atoms with Crippen LogP contribution in [0.4, 0.5) is 0 Å². The Balaban J connectivity index is 2.63. The van der Waals surface area contributed by atoms with Crippen LogP contribution in [-0.2, 0) is 0 Å². The van der Waals surface area contributed by atoms with Crippen LogP contribution in [0.15, 0.2) is 12.3 Å². The molecule has 5 heteroatoms. The Morgan fingerprint density at radius 2 is 2.12 bits per heavy atom. The Labute approximate surface area is 93.9 Å². The summed E-state index contributed by atoms with van der Waals surface area (Å²) in [5, 5.41) is 12.0. The fraction of sp³-hybridized carbons (Fsp3) is 0.455. The second-order valence-electron chi connectivity index (χ2n) is 4.35. The summed E-state index contributed by atoms with van der Waals surface area (Å²) >= 11 is 0. The fourth-order valence-corrected chi connectivity index (χ4v) is 1.12. The van der Waals surface area contributed by atoms with E-state index in [1.54, 1.807) is 13.8 Å². The third-order valence-electron chi connectivity index (χ3n) is 2.02. The van der Waals surface area contributed by atoms with Crippen LogP contribution in [0, 0.1) is 0 Å². The van der Waals surface area contributed by atoms with E-state index >= 15 is 0 Å². The first-order valence-corrected chi connectivity index (χ1v) is 4.99. The van der Waals surface area contributed by atoms with Crippen LogP contribution < -0.4 is 5.32 Å². The highest BCUT2D eigenvalue weighted by atomic mass is 16.3. The largest absolute Gasteiger partial charge is 0.389 e. The lowest BCUT2D eigenvalue weighted by atomic mass is 10.1. The summed E-state index contributed by atoms with van der Waals surface area (Å²) in [6.45, 7) is 4.79. The van der Waals surface area contributed by atoms with Crippen molar-refractivity contribution in [2.45, 2.75) is 26.4 Å². The predicted molar refractivity (Wildman–Crippen MR) is 59.4 cm³/mol. The van der Waals surface area contributed by atoms with Gasteiger partial charge in [0.05, 0.1) is 5.60 Å². The number of hydrogen-bond donors (Lipinski definition) is 3. The lowest BCUT2D eigenvalue weighted by Gasteiger charge is -2.17. The summed E-state index contributed by atoms with van der Waals surface area (Å²) in [6, 6.07) is 1.49. The monoisotopic (exact) mass is 224 g/mol. The van der Waals surface area contributed by atoms with Crippen molar-refractivity contribution in [2.24, 2.45) is 0 Å². The fourth-order valence-electron chi connectivity index (χ4n) is 1.12. The molecule has 1 aromatic rings. The van der Waals surface area contributed by atoms with Crippen molar-refractivity contribution in [2.75, 3.05) is 6.54 Å². The third-order valence-corrected chi connectivity index (χ3v) is 2.02. The molecule has 0 aliphatic heterocycles. The second kappa shape index (κ2) is 4.49. The van der Waals surface area contributed by atoms with Gasteiger partial charge in [0.25, 0.3) is 5.91 Å². The number of aliphatic hydroxyl groups is 1.